The molecule has 31 heavy (non-hydrogen) atoms. The van der Waals surface area contributed by atoms with Crippen LogP contribution in [0, 0.1) is 0 Å². The zero-order valence-electron chi connectivity index (χ0n) is 17.0. The van der Waals surface area contributed by atoms with Crippen molar-refractivity contribution in [1.29, 1.82) is 0 Å². The number of H-pyrrole nitrogens is 1. The number of aromatic amines is 1. The third kappa shape index (κ3) is 4.23. The summed E-state index contributed by atoms with van der Waals surface area (Å²) in [4.78, 5) is 9.29. The smallest absolute Gasteiger partial charge is 0.229 e. The maximum atomic E-state index is 6.12. The van der Waals surface area contributed by atoms with Gasteiger partial charge in [-0.3, -0.25) is 9.78 Å². The van der Waals surface area contributed by atoms with E-state index in [4.69, 9.17) is 9.72 Å². The number of para-hydroxylation sites is 1. The Hall–Kier alpha value is -4.20. The minimum atomic E-state index is 0.488. The Labute approximate surface area is 178 Å². The van der Waals surface area contributed by atoms with Crippen molar-refractivity contribution in [2.75, 3.05) is 5.32 Å². The highest BCUT2D eigenvalue weighted by atomic mass is 16.5. The molecule has 2 N–H and O–H groups in total. The summed E-state index contributed by atoms with van der Waals surface area (Å²) in [5, 5.41) is 15.4. The second-order valence-electron chi connectivity index (χ2n) is 7.21. The van der Waals surface area contributed by atoms with E-state index in [1.165, 1.54) is 0 Å². The van der Waals surface area contributed by atoms with Gasteiger partial charge in [0.2, 0.25) is 5.95 Å². The monoisotopic (exact) mass is 411 g/mol. The minimum absolute atomic E-state index is 0.488. The first-order chi connectivity index (χ1) is 15.2. The Morgan fingerprint density at radius 1 is 1.00 bits per heavy atom. The SMILES string of the molecule is Cn1cc(Nc2nc(Cc3ccccc3OCc3ccccc3)c3cn[nH]c3n2)cn1. The van der Waals surface area contributed by atoms with Gasteiger partial charge in [0.1, 0.15) is 12.4 Å². The number of nitrogens with one attached hydrogen (secondary N) is 2. The zero-order chi connectivity index (χ0) is 21.0. The first kappa shape index (κ1) is 18.8. The van der Waals surface area contributed by atoms with Crippen LogP contribution in [0.4, 0.5) is 11.6 Å². The van der Waals surface area contributed by atoms with Crippen molar-refractivity contribution in [3.63, 3.8) is 0 Å². The van der Waals surface area contributed by atoms with E-state index in [2.05, 4.69) is 43.8 Å². The standard InChI is InChI=1S/C23H21N7O/c1-30-14-18(12-25-30)26-23-27-20(19-13-24-29-22(19)28-23)11-17-9-5-6-10-21(17)31-15-16-7-3-2-4-8-16/h2-10,12-14H,11,15H2,1H3,(H2,24,26,27,28,29). The summed E-state index contributed by atoms with van der Waals surface area (Å²) in [5.74, 6) is 1.32. The molecular formula is C23H21N7O. The quantitative estimate of drug-likeness (QED) is 0.420. The molecule has 0 atom stereocenters. The summed E-state index contributed by atoms with van der Waals surface area (Å²) in [6.07, 6.45) is 5.94. The van der Waals surface area contributed by atoms with Crippen molar-refractivity contribution < 1.29 is 4.74 Å². The molecule has 0 aliphatic heterocycles. The summed E-state index contributed by atoms with van der Waals surface area (Å²) >= 11 is 0. The molecule has 8 heteroatoms. The van der Waals surface area contributed by atoms with Crippen molar-refractivity contribution >= 4 is 22.7 Å². The Morgan fingerprint density at radius 3 is 2.68 bits per heavy atom. The molecule has 2 aromatic carbocycles. The van der Waals surface area contributed by atoms with Crippen LogP contribution in [0.5, 0.6) is 5.75 Å². The van der Waals surface area contributed by atoms with Crippen LogP contribution in [0.2, 0.25) is 0 Å². The van der Waals surface area contributed by atoms with Crippen molar-refractivity contribution in [1.82, 2.24) is 29.9 Å². The number of rotatable bonds is 7. The number of aryl methyl sites for hydroxylation is 1. The number of hydrogen-bond donors (Lipinski definition) is 2. The normalized spacial score (nSPS) is 11.0. The maximum Gasteiger partial charge on any atom is 0.229 e. The molecule has 3 aromatic heterocycles. The van der Waals surface area contributed by atoms with Gasteiger partial charge in [-0.05, 0) is 11.6 Å². The van der Waals surface area contributed by atoms with Gasteiger partial charge in [-0.1, -0.05) is 48.5 Å². The molecule has 0 aliphatic carbocycles. The van der Waals surface area contributed by atoms with Crippen LogP contribution in [0.25, 0.3) is 11.0 Å². The van der Waals surface area contributed by atoms with Crippen LogP contribution in [-0.4, -0.2) is 29.9 Å². The second kappa shape index (κ2) is 8.27. The van der Waals surface area contributed by atoms with E-state index in [9.17, 15) is 0 Å². The number of ether oxygens (including phenoxy) is 1. The summed E-state index contributed by atoms with van der Waals surface area (Å²) in [7, 11) is 1.86. The van der Waals surface area contributed by atoms with Gasteiger partial charge >= 0.3 is 0 Å². The van der Waals surface area contributed by atoms with E-state index in [0.29, 0.717) is 24.6 Å². The molecule has 8 nitrogen and oxygen atoms in total. The topological polar surface area (TPSA) is 93.5 Å². The van der Waals surface area contributed by atoms with Crippen LogP contribution < -0.4 is 10.1 Å². The average Bonchev–Trinajstić information content (AvgIpc) is 3.43. The molecular weight excluding hydrogens is 390 g/mol. The lowest BCUT2D eigenvalue weighted by molar-refractivity contribution is 0.303. The molecule has 0 saturated carbocycles. The Morgan fingerprint density at radius 2 is 1.84 bits per heavy atom. The van der Waals surface area contributed by atoms with Gasteiger partial charge in [-0.25, -0.2) is 4.98 Å². The Kier molecular flexibility index (Phi) is 5.02. The highest BCUT2D eigenvalue weighted by molar-refractivity contribution is 5.78. The predicted octanol–water partition coefficient (Wildman–Crippen LogP) is 4.00. The molecule has 0 fully saturated rings. The van der Waals surface area contributed by atoms with Crippen molar-refractivity contribution in [2.45, 2.75) is 13.0 Å². The molecule has 0 amide bonds. The zero-order valence-corrected chi connectivity index (χ0v) is 17.0. The molecule has 5 rings (SSSR count). The van der Waals surface area contributed by atoms with Crippen LogP contribution in [-0.2, 0) is 20.1 Å². The van der Waals surface area contributed by atoms with Crippen LogP contribution >= 0.6 is 0 Å². The lowest BCUT2D eigenvalue weighted by Crippen LogP contribution is -2.03. The fraction of sp³-hybridized carbons (Fsp3) is 0.130. The molecule has 0 radical (unpaired) electrons. The van der Waals surface area contributed by atoms with Gasteiger partial charge in [-0.15, -0.1) is 0 Å². The number of anilines is 2. The van der Waals surface area contributed by atoms with Crippen molar-refractivity contribution in [3.8, 4) is 5.75 Å². The molecule has 0 bridgehead atoms. The number of fused-ring (bicyclic) bond motifs is 1. The molecule has 0 spiro atoms. The molecule has 154 valence electrons. The fourth-order valence-corrected chi connectivity index (χ4v) is 3.41. The molecule has 0 aliphatic rings. The van der Waals surface area contributed by atoms with Crippen LogP contribution in [0.3, 0.4) is 0 Å². The van der Waals surface area contributed by atoms with E-state index in [0.717, 1.165) is 33.6 Å². The molecule has 0 saturated heterocycles. The largest absolute Gasteiger partial charge is 0.489 e. The highest BCUT2D eigenvalue weighted by Crippen LogP contribution is 2.26. The Balaban J connectivity index is 1.43. The first-order valence-corrected chi connectivity index (χ1v) is 9.95. The van der Waals surface area contributed by atoms with Gasteiger partial charge < -0.3 is 10.1 Å². The Bertz CT molecular complexity index is 1310. The van der Waals surface area contributed by atoms with E-state index in [1.54, 1.807) is 17.1 Å². The third-order valence-electron chi connectivity index (χ3n) is 4.92. The number of nitrogens with zero attached hydrogens (tertiary/aromatic N) is 5. The molecule has 0 unspecified atom stereocenters. The number of hydrogen-bond acceptors (Lipinski definition) is 6. The van der Waals surface area contributed by atoms with Crippen molar-refractivity contribution in [3.05, 3.63) is 90.0 Å². The summed E-state index contributed by atoms with van der Waals surface area (Å²) in [6.45, 7) is 0.510. The summed E-state index contributed by atoms with van der Waals surface area (Å²) in [6, 6.07) is 18.2. The molecule has 3 heterocycles. The van der Waals surface area contributed by atoms with E-state index < -0.39 is 0 Å². The maximum absolute atomic E-state index is 6.12. The average molecular weight is 411 g/mol. The van der Waals surface area contributed by atoms with Crippen LogP contribution in [0.15, 0.2) is 73.2 Å². The fourth-order valence-electron chi connectivity index (χ4n) is 3.41. The highest BCUT2D eigenvalue weighted by Gasteiger charge is 2.13. The second-order valence-corrected chi connectivity index (χ2v) is 7.21. The summed E-state index contributed by atoms with van der Waals surface area (Å²) in [5.41, 5.74) is 4.53. The van der Waals surface area contributed by atoms with Gasteiger partial charge in [-0.2, -0.15) is 15.2 Å². The van der Waals surface area contributed by atoms with Gasteiger partial charge in [0.05, 0.1) is 29.2 Å². The third-order valence-corrected chi connectivity index (χ3v) is 4.92. The molecule has 5 aromatic rings. The number of aromatic nitrogens is 6. The van der Waals surface area contributed by atoms with Crippen molar-refractivity contribution in [2.24, 2.45) is 7.05 Å². The van der Waals surface area contributed by atoms with Gasteiger partial charge in [0.25, 0.3) is 0 Å². The first-order valence-electron chi connectivity index (χ1n) is 9.95. The van der Waals surface area contributed by atoms with E-state index >= 15 is 0 Å². The van der Waals surface area contributed by atoms with E-state index in [1.807, 2.05) is 49.6 Å². The number of benzene rings is 2. The van der Waals surface area contributed by atoms with E-state index in [-0.39, 0.29) is 0 Å². The predicted molar refractivity (Wildman–Crippen MR) is 118 cm³/mol. The van der Waals surface area contributed by atoms with Gasteiger partial charge in [0.15, 0.2) is 5.65 Å². The minimum Gasteiger partial charge on any atom is -0.489 e. The summed E-state index contributed by atoms with van der Waals surface area (Å²) < 4.78 is 7.84. The lowest BCUT2D eigenvalue weighted by atomic mass is 10.1. The van der Waals surface area contributed by atoms with Crippen LogP contribution in [0.1, 0.15) is 16.8 Å². The van der Waals surface area contributed by atoms with Gasteiger partial charge in [0, 0.05) is 25.2 Å². The lowest BCUT2D eigenvalue weighted by Gasteiger charge is -2.12.